The number of nitrogens with one attached hydrogen (secondary N) is 2. The van der Waals surface area contributed by atoms with Crippen molar-refractivity contribution in [3.05, 3.63) is 66.2 Å². The number of anilines is 1. The number of methoxy groups -OCH3 is 1. The minimum atomic E-state index is -1.01. The minimum Gasteiger partial charge on any atom is -0.497 e. The van der Waals surface area contributed by atoms with E-state index in [1.54, 1.807) is 74.9 Å². The lowest BCUT2D eigenvalue weighted by Gasteiger charge is -2.43. The van der Waals surface area contributed by atoms with Gasteiger partial charge in [0.25, 0.3) is 5.91 Å². The molecule has 3 amide bonds. The first-order valence-electron chi connectivity index (χ1n) is 13.2. The standard InChI is InChI=1S/C31H43N3O5S/c1-10-21-12-11-13-22(20-21)26(27(35)32-23-14-16-24(38-8)17-15-23)34(30(2,3)4)28(36)25(18-19-40-9)33-29(37)39-31(5,6)7/h10-17,20,25-26H,1,18-19H2,2-9H3,(H,32,35)(H,33,37). The average molecular weight is 570 g/mol. The SMILES string of the molecule is C=Cc1cccc(C(C(=O)Nc2ccc(OC)cc2)N(C(=O)C(CCSC)NC(=O)OC(C)(C)C)C(C)(C)C)c1. The molecule has 9 heteroatoms. The van der Waals surface area contributed by atoms with Gasteiger partial charge in [-0.25, -0.2) is 4.79 Å². The van der Waals surface area contributed by atoms with Crippen molar-refractivity contribution in [2.45, 2.75) is 71.2 Å². The highest BCUT2D eigenvalue weighted by molar-refractivity contribution is 7.98. The molecule has 2 rings (SSSR count). The fourth-order valence-electron chi connectivity index (χ4n) is 4.11. The molecule has 8 nitrogen and oxygen atoms in total. The predicted molar refractivity (Wildman–Crippen MR) is 164 cm³/mol. The number of hydrogen-bond donors (Lipinski definition) is 2. The molecule has 0 aromatic heterocycles. The van der Waals surface area contributed by atoms with Gasteiger partial charge in [0.05, 0.1) is 7.11 Å². The zero-order chi connectivity index (χ0) is 30.1. The van der Waals surface area contributed by atoms with Gasteiger partial charge in [0, 0.05) is 11.2 Å². The Morgan fingerprint density at radius 1 is 1.05 bits per heavy atom. The number of rotatable bonds is 11. The number of thioether (sulfide) groups is 1. The second-order valence-corrected chi connectivity index (χ2v) is 12.3. The van der Waals surface area contributed by atoms with Gasteiger partial charge in [-0.1, -0.05) is 30.9 Å². The van der Waals surface area contributed by atoms with Gasteiger partial charge in [-0.05, 0) is 101 Å². The topological polar surface area (TPSA) is 97.0 Å². The predicted octanol–water partition coefficient (Wildman–Crippen LogP) is 6.29. The van der Waals surface area contributed by atoms with Gasteiger partial charge in [0.2, 0.25) is 5.91 Å². The lowest BCUT2D eigenvalue weighted by atomic mass is 9.94. The first-order valence-corrected chi connectivity index (χ1v) is 14.6. The Labute approximate surface area is 242 Å². The largest absolute Gasteiger partial charge is 0.497 e. The van der Waals surface area contributed by atoms with Gasteiger partial charge in [0.15, 0.2) is 0 Å². The van der Waals surface area contributed by atoms with Crippen molar-refractivity contribution in [1.29, 1.82) is 0 Å². The number of nitrogens with zero attached hydrogens (tertiary/aromatic N) is 1. The number of hydrogen-bond acceptors (Lipinski definition) is 6. The molecule has 2 aromatic carbocycles. The summed E-state index contributed by atoms with van der Waals surface area (Å²) in [6, 6.07) is 12.4. The summed E-state index contributed by atoms with van der Waals surface area (Å²) >= 11 is 1.56. The molecule has 0 aliphatic rings. The van der Waals surface area contributed by atoms with Crippen LogP contribution in [-0.2, 0) is 14.3 Å². The van der Waals surface area contributed by atoms with E-state index in [-0.39, 0.29) is 5.91 Å². The fraction of sp³-hybridized carbons (Fsp3) is 0.452. The van der Waals surface area contributed by atoms with Gasteiger partial charge in [0.1, 0.15) is 23.4 Å². The molecule has 0 aliphatic heterocycles. The van der Waals surface area contributed by atoms with Crippen LogP contribution in [0.25, 0.3) is 6.08 Å². The van der Waals surface area contributed by atoms with Crippen LogP contribution < -0.4 is 15.4 Å². The maximum Gasteiger partial charge on any atom is 0.408 e. The Morgan fingerprint density at radius 2 is 1.70 bits per heavy atom. The summed E-state index contributed by atoms with van der Waals surface area (Å²) in [5, 5.41) is 5.72. The average Bonchev–Trinajstić information content (AvgIpc) is 2.87. The molecule has 0 fully saturated rings. The molecule has 2 aromatic rings. The van der Waals surface area contributed by atoms with Crippen LogP contribution in [0.3, 0.4) is 0 Å². The quantitative estimate of drug-likeness (QED) is 0.330. The summed E-state index contributed by atoms with van der Waals surface area (Å²) in [7, 11) is 1.57. The first kappa shape index (κ1) is 32.8. The van der Waals surface area contributed by atoms with Gasteiger partial charge in [-0.3, -0.25) is 9.59 Å². The van der Waals surface area contributed by atoms with Gasteiger partial charge >= 0.3 is 6.09 Å². The summed E-state index contributed by atoms with van der Waals surface area (Å²) in [4.78, 5) is 42.7. The number of alkyl carbamates (subject to hydrolysis) is 1. The molecule has 0 spiro atoms. The van der Waals surface area contributed by atoms with E-state index >= 15 is 0 Å². The normalized spacial score (nSPS) is 13.0. The molecule has 218 valence electrons. The second kappa shape index (κ2) is 14.3. The van der Waals surface area contributed by atoms with Gasteiger partial charge in [-0.2, -0.15) is 11.8 Å². The van der Waals surface area contributed by atoms with Crippen LogP contribution >= 0.6 is 11.8 Å². The Balaban J connectivity index is 2.59. The van der Waals surface area contributed by atoms with Crippen LogP contribution in [-0.4, -0.2) is 59.1 Å². The fourth-order valence-corrected chi connectivity index (χ4v) is 4.59. The third-order valence-corrected chi connectivity index (χ3v) is 6.53. The number of ether oxygens (including phenoxy) is 2. The molecule has 0 aliphatic carbocycles. The maximum atomic E-state index is 14.3. The van der Waals surface area contributed by atoms with Crippen LogP contribution in [0.15, 0.2) is 55.1 Å². The molecular formula is C31H43N3O5S. The van der Waals surface area contributed by atoms with E-state index in [9.17, 15) is 14.4 Å². The lowest BCUT2D eigenvalue weighted by molar-refractivity contribution is -0.146. The molecule has 0 radical (unpaired) electrons. The van der Waals surface area contributed by atoms with E-state index in [2.05, 4.69) is 17.2 Å². The molecule has 0 saturated carbocycles. The number of carbonyl (C=O) groups excluding carboxylic acids is 3. The summed E-state index contributed by atoms with van der Waals surface area (Å²) in [6.45, 7) is 14.8. The third kappa shape index (κ3) is 9.62. The summed E-state index contributed by atoms with van der Waals surface area (Å²) < 4.78 is 10.7. The van der Waals surface area contributed by atoms with E-state index in [1.165, 1.54) is 0 Å². The molecule has 2 unspecified atom stereocenters. The van der Waals surface area contributed by atoms with E-state index in [0.29, 0.717) is 29.2 Å². The molecule has 40 heavy (non-hydrogen) atoms. The van der Waals surface area contributed by atoms with Crippen molar-refractivity contribution in [3.8, 4) is 5.75 Å². The highest BCUT2D eigenvalue weighted by atomic mass is 32.2. The number of benzene rings is 2. The van der Waals surface area contributed by atoms with Crippen molar-refractivity contribution < 1.29 is 23.9 Å². The van der Waals surface area contributed by atoms with Gasteiger partial charge in [-0.15, -0.1) is 0 Å². The van der Waals surface area contributed by atoms with Crippen molar-refractivity contribution in [2.24, 2.45) is 0 Å². The highest BCUT2D eigenvalue weighted by Crippen LogP contribution is 2.32. The lowest BCUT2D eigenvalue weighted by Crippen LogP contribution is -2.58. The molecule has 0 bridgehead atoms. The first-order chi connectivity index (χ1) is 18.7. The van der Waals surface area contributed by atoms with E-state index in [0.717, 1.165) is 5.56 Å². The van der Waals surface area contributed by atoms with Gasteiger partial charge < -0.3 is 25.0 Å². The number of carbonyl (C=O) groups is 3. The Hall–Kier alpha value is -3.46. The maximum absolute atomic E-state index is 14.3. The van der Waals surface area contributed by atoms with Crippen LogP contribution in [0.1, 0.15) is 65.1 Å². The van der Waals surface area contributed by atoms with Crippen molar-refractivity contribution in [1.82, 2.24) is 10.2 Å². The molecule has 2 atom stereocenters. The monoisotopic (exact) mass is 569 g/mol. The molecule has 0 heterocycles. The van der Waals surface area contributed by atoms with Crippen molar-refractivity contribution in [2.75, 3.05) is 24.4 Å². The Kier molecular flexibility index (Phi) is 11.7. The smallest absolute Gasteiger partial charge is 0.408 e. The van der Waals surface area contributed by atoms with E-state index < -0.39 is 35.2 Å². The number of amides is 3. The van der Waals surface area contributed by atoms with E-state index in [1.807, 2.05) is 51.3 Å². The zero-order valence-electron chi connectivity index (χ0n) is 24.9. The zero-order valence-corrected chi connectivity index (χ0v) is 25.7. The molecule has 2 N–H and O–H groups in total. The van der Waals surface area contributed by atoms with Crippen molar-refractivity contribution >= 4 is 41.4 Å². The van der Waals surface area contributed by atoms with Crippen LogP contribution in [0.5, 0.6) is 5.75 Å². The van der Waals surface area contributed by atoms with Crippen LogP contribution in [0.4, 0.5) is 10.5 Å². The van der Waals surface area contributed by atoms with Crippen LogP contribution in [0.2, 0.25) is 0 Å². The van der Waals surface area contributed by atoms with Crippen LogP contribution in [0, 0.1) is 0 Å². The summed E-state index contributed by atoms with van der Waals surface area (Å²) in [5.41, 5.74) is 0.464. The second-order valence-electron chi connectivity index (χ2n) is 11.4. The van der Waals surface area contributed by atoms with E-state index in [4.69, 9.17) is 9.47 Å². The Bertz CT molecular complexity index is 1170. The highest BCUT2D eigenvalue weighted by Gasteiger charge is 2.42. The summed E-state index contributed by atoms with van der Waals surface area (Å²) in [5.74, 6) is 0.505. The third-order valence-electron chi connectivity index (χ3n) is 5.89. The van der Waals surface area contributed by atoms with Crippen molar-refractivity contribution in [3.63, 3.8) is 0 Å². The summed E-state index contributed by atoms with van der Waals surface area (Å²) in [6.07, 6.45) is 3.30. The minimum absolute atomic E-state index is 0.366. The Morgan fingerprint density at radius 3 is 2.23 bits per heavy atom. The molecular weight excluding hydrogens is 526 g/mol. The molecule has 0 saturated heterocycles.